The van der Waals surface area contributed by atoms with Crippen LogP contribution in [0.15, 0.2) is 36.3 Å². The zero-order chi connectivity index (χ0) is 25.3. The lowest BCUT2D eigenvalue weighted by molar-refractivity contribution is 0.0903. The molecule has 0 aliphatic carbocycles. The van der Waals surface area contributed by atoms with E-state index < -0.39 is 15.9 Å². The van der Waals surface area contributed by atoms with Gasteiger partial charge in [0.05, 0.1) is 5.69 Å². The van der Waals surface area contributed by atoms with E-state index in [0.29, 0.717) is 48.8 Å². The van der Waals surface area contributed by atoms with E-state index in [0.717, 1.165) is 18.2 Å². The Labute approximate surface area is 205 Å². The highest BCUT2D eigenvalue weighted by molar-refractivity contribution is 7.92. The van der Waals surface area contributed by atoms with Crippen molar-refractivity contribution in [2.45, 2.75) is 38.6 Å². The third-order valence-electron chi connectivity index (χ3n) is 5.23. The fourth-order valence-corrected chi connectivity index (χ4v) is 3.92. The number of anilines is 3. The molecule has 1 aromatic carbocycles. The summed E-state index contributed by atoms with van der Waals surface area (Å²) in [5, 5.41) is 7.44. The van der Waals surface area contributed by atoms with Gasteiger partial charge in [0, 0.05) is 48.9 Å². The molecule has 186 valence electrons. The number of amides is 1. The number of aryl methyl sites for hydroxylation is 1. The summed E-state index contributed by atoms with van der Waals surface area (Å²) in [5.74, 6) is 6.12. The van der Waals surface area contributed by atoms with Gasteiger partial charge in [0.25, 0.3) is 5.91 Å². The van der Waals surface area contributed by atoms with Crippen LogP contribution < -0.4 is 21.1 Å². The normalized spacial score (nSPS) is 14.0. The van der Waals surface area contributed by atoms with Gasteiger partial charge < -0.3 is 21.1 Å². The van der Waals surface area contributed by atoms with Gasteiger partial charge in [-0.15, -0.1) is 0 Å². The molecule has 0 unspecified atom stereocenters. The highest BCUT2D eigenvalue weighted by atomic mass is 32.2. The molecule has 0 saturated carbocycles. The minimum absolute atomic E-state index is 0.0605. The molecule has 2 aromatic rings. The van der Waals surface area contributed by atoms with Gasteiger partial charge in [-0.1, -0.05) is 31.4 Å². The Hall–Kier alpha value is -3.46. The highest BCUT2D eigenvalue weighted by Gasteiger charge is 2.20. The number of sulfonamides is 1. The molecule has 1 aliphatic heterocycles. The molecule has 11 heteroatoms. The monoisotopic (exact) mass is 498 g/mol. The van der Waals surface area contributed by atoms with E-state index in [9.17, 15) is 13.2 Å². The minimum Gasteiger partial charge on any atom is -0.381 e. The summed E-state index contributed by atoms with van der Waals surface area (Å²) in [7, 11) is -3.46. The lowest BCUT2D eigenvalue weighted by Gasteiger charge is -2.25. The predicted molar refractivity (Wildman–Crippen MR) is 136 cm³/mol. The third kappa shape index (κ3) is 7.78. The second-order valence-corrected chi connectivity index (χ2v) is 9.54. The van der Waals surface area contributed by atoms with E-state index in [-0.39, 0.29) is 24.1 Å². The molecule has 35 heavy (non-hydrogen) atoms. The number of benzene rings is 1. The van der Waals surface area contributed by atoms with Crippen LogP contribution in [0.25, 0.3) is 0 Å². The summed E-state index contributed by atoms with van der Waals surface area (Å²) in [6.07, 6.45) is 2.65. The first kappa shape index (κ1) is 26.2. The highest BCUT2D eigenvalue weighted by Crippen LogP contribution is 2.24. The van der Waals surface area contributed by atoms with Crippen molar-refractivity contribution in [3.8, 4) is 11.8 Å². The fraction of sp³-hybridized carbons (Fsp3) is 0.375. The summed E-state index contributed by atoms with van der Waals surface area (Å²) in [6.45, 7) is 6.74. The van der Waals surface area contributed by atoms with E-state index in [1.54, 1.807) is 6.07 Å². The van der Waals surface area contributed by atoms with Crippen molar-refractivity contribution in [1.82, 2.24) is 14.7 Å². The van der Waals surface area contributed by atoms with Crippen LogP contribution in [0.5, 0.6) is 0 Å². The Kier molecular flexibility index (Phi) is 9.19. The van der Waals surface area contributed by atoms with Gasteiger partial charge >= 0.3 is 0 Å². The molecule has 1 fully saturated rings. The summed E-state index contributed by atoms with van der Waals surface area (Å²) in [5.41, 5.74) is 7.69. The molecule has 1 aromatic heterocycles. The van der Waals surface area contributed by atoms with Crippen molar-refractivity contribution < 1.29 is 17.9 Å². The molecular formula is C24H30N6O4S. The second-order valence-electron chi connectivity index (χ2n) is 7.83. The molecule has 0 atom stereocenters. The maximum absolute atomic E-state index is 12.1. The van der Waals surface area contributed by atoms with Crippen LogP contribution in [-0.4, -0.2) is 50.1 Å². The number of ether oxygens (including phenoxy) is 1. The van der Waals surface area contributed by atoms with Crippen molar-refractivity contribution in [3.05, 3.63) is 53.2 Å². The van der Waals surface area contributed by atoms with Crippen LogP contribution in [0.3, 0.4) is 0 Å². The van der Waals surface area contributed by atoms with E-state index in [1.807, 2.05) is 25.1 Å². The largest absolute Gasteiger partial charge is 0.381 e. The Morgan fingerprint density at radius 1 is 1.29 bits per heavy atom. The van der Waals surface area contributed by atoms with E-state index in [4.69, 9.17) is 10.5 Å². The van der Waals surface area contributed by atoms with Gasteiger partial charge in [-0.05, 0) is 37.5 Å². The van der Waals surface area contributed by atoms with Crippen molar-refractivity contribution in [2.75, 3.05) is 30.4 Å². The van der Waals surface area contributed by atoms with Crippen LogP contribution >= 0.6 is 0 Å². The molecular weight excluding hydrogens is 468 g/mol. The van der Waals surface area contributed by atoms with Crippen molar-refractivity contribution in [3.63, 3.8) is 0 Å². The second kappa shape index (κ2) is 12.3. The summed E-state index contributed by atoms with van der Waals surface area (Å²) in [4.78, 5) is 21.3. The van der Waals surface area contributed by atoms with Gasteiger partial charge in [0.2, 0.25) is 10.0 Å². The number of primary amides is 1. The molecule has 1 amide bonds. The average Bonchev–Trinajstić information content (AvgIpc) is 2.84. The van der Waals surface area contributed by atoms with E-state index in [2.05, 4.69) is 43.7 Å². The molecule has 2 heterocycles. The number of hydrogen-bond acceptors (Lipinski definition) is 8. The number of nitrogens with one attached hydrogen (secondary N) is 3. The zero-order valence-corrected chi connectivity index (χ0v) is 20.5. The maximum Gasteiger partial charge on any atom is 0.271 e. The van der Waals surface area contributed by atoms with Gasteiger partial charge in [0.15, 0.2) is 17.3 Å². The minimum atomic E-state index is -3.46. The van der Waals surface area contributed by atoms with Crippen LogP contribution in [0.4, 0.5) is 17.3 Å². The number of nitrogens with two attached hydrogens (primary N) is 1. The summed E-state index contributed by atoms with van der Waals surface area (Å²) in [6, 6.07) is 7.46. The fourth-order valence-electron chi connectivity index (χ4n) is 3.42. The summed E-state index contributed by atoms with van der Waals surface area (Å²) < 4.78 is 30.5. The molecule has 0 bridgehead atoms. The van der Waals surface area contributed by atoms with Crippen LogP contribution in [0.1, 0.15) is 47.9 Å². The zero-order valence-electron chi connectivity index (χ0n) is 19.6. The first-order valence-corrected chi connectivity index (χ1v) is 12.9. The van der Waals surface area contributed by atoms with Crippen LogP contribution in [-0.2, 0) is 21.2 Å². The first-order chi connectivity index (χ1) is 16.8. The topological polar surface area (TPSA) is 148 Å². The smallest absolute Gasteiger partial charge is 0.271 e. The number of carbonyl (C=O) groups is 1. The van der Waals surface area contributed by atoms with Gasteiger partial charge in [0.1, 0.15) is 0 Å². The van der Waals surface area contributed by atoms with E-state index in [1.165, 1.54) is 0 Å². The van der Waals surface area contributed by atoms with Gasteiger partial charge in [-0.2, -0.15) is 0 Å². The molecule has 3 rings (SSSR count). The van der Waals surface area contributed by atoms with E-state index >= 15 is 0 Å². The van der Waals surface area contributed by atoms with Crippen LogP contribution in [0.2, 0.25) is 0 Å². The van der Waals surface area contributed by atoms with Gasteiger partial charge in [-0.3, -0.25) is 4.79 Å². The molecule has 1 aliphatic rings. The maximum atomic E-state index is 12.1. The molecule has 10 nitrogen and oxygen atoms in total. The SMILES string of the molecule is C=CS(=O)(=O)NCCC#Cc1cccc(Nc2nc(NC3CCOCC3)c(CC)nc2C(N)=O)c1. The van der Waals surface area contributed by atoms with Gasteiger partial charge in [-0.25, -0.2) is 23.1 Å². The third-order valence-corrected chi connectivity index (χ3v) is 6.27. The van der Waals surface area contributed by atoms with Crippen LogP contribution in [0, 0.1) is 11.8 Å². The number of aromatic nitrogens is 2. The summed E-state index contributed by atoms with van der Waals surface area (Å²) >= 11 is 0. The van der Waals surface area contributed by atoms with Crippen molar-refractivity contribution in [2.24, 2.45) is 5.73 Å². The van der Waals surface area contributed by atoms with Crippen molar-refractivity contribution in [1.29, 1.82) is 0 Å². The van der Waals surface area contributed by atoms with Crippen molar-refractivity contribution >= 4 is 33.3 Å². The number of hydrogen-bond donors (Lipinski definition) is 4. The number of rotatable bonds is 10. The molecule has 1 saturated heterocycles. The predicted octanol–water partition coefficient (Wildman–Crippen LogP) is 2.28. The Morgan fingerprint density at radius 2 is 2.06 bits per heavy atom. The number of carbonyl (C=O) groups excluding carboxylic acids is 1. The molecule has 0 radical (unpaired) electrons. The average molecular weight is 499 g/mol. The lowest BCUT2D eigenvalue weighted by atomic mass is 10.1. The Balaban J connectivity index is 1.78. The first-order valence-electron chi connectivity index (χ1n) is 11.3. The molecule has 5 N–H and O–H groups in total. The Morgan fingerprint density at radius 3 is 2.74 bits per heavy atom. The standard InChI is InChI=1S/C24H30N6O4S/c1-3-20-23(27-18-11-14-34-15-12-18)30-24(21(29-20)22(25)31)28-19-10-7-9-17(16-19)8-5-6-13-26-35(32,33)4-2/h4,7,9-10,16,18,26H,2-3,6,11-15H2,1H3,(H2,25,31)(H2,27,28,30). The Bertz CT molecular complexity index is 1230. The molecule has 0 spiro atoms. The lowest BCUT2D eigenvalue weighted by Crippen LogP contribution is -2.29. The quantitative estimate of drug-likeness (QED) is 0.288. The number of nitrogens with zero attached hydrogens (tertiary/aromatic N) is 2.